The molecule has 0 radical (unpaired) electrons. The van der Waals surface area contributed by atoms with Gasteiger partial charge in [0, 0.05) is 38.8 Å². The van der Waals surface area contributed by atoms with Crippen LogP contribution in [-0.2, 0) is 6.54 Å². The molecule has 2 aromatic carbocycles. The quantitative estimate of drug-likeness (QED) is 0.481. The number of rotatable bonds is 5. The van der Waals surface area contributed by atoms with Crippen LogP contribution in [0.5, 0.6) is 5.75 Å². The van der Waals surface area contributed by atoms with Crippen LogP contribution in [0, 0.1) is 10.1 Å². The first-order valence-electron chi connectivity index (χ1n) is 8.71. The average Bonchev–Trinajstić information content (AvgIpc) is 2.69. The van der Waals surface area contributed by atoms with Gasteiger partial charge in [0.25, 0.3) is 5.69 Å². The Morgan fingerprint density at radius 1 is 1.19 bits per heavy atom. The van der Waals surface area contributed by atoms with Gasteiger partial charge in [-0.25, -0.2) is 0 Å². The van der Waals surface area contributed by atoms with Crippen molar-refractivity contribution < 1.29 is 9.66 Å². The first-order chi connectivity index (χ1) is 13.1. The van der Waals surface area contributed by atoms with E-state index in [4.69, 9.17) is 17.0 Å². The van der Waals surface area contributed by atoms with E-state index in [0.717, 1.165) is 32.7 Å². The highest BCUT2D eigenvalue weighted by molar-refractivity contribution is 7.80. The molecule has 0 atom stereocenters. The molecule has 0 spiro atoms. The lowest BCUT2D eigenvalue weighted by molar-refractivity contribution is -0.384. The molecule has 1 heterocycles. The largest absolute Gasteiger partial charge is 0.494 e. The van der Waals surface area contributed by atoms with Crippen LogP contribution in [0.1, 0.15) is 5.56 Å². The Morgan fingerprint density at radius 3 is 2.52 bits per heavy atom. The lowest BCUT2D eigenvalue weighted by Gasteiger charge is -2.36. The number of thiocarbonyl (C=S) groups is 1. The predicted octanol–water partition coefficient (Wildman–Crippen LogP) is 3.12. The van der Waals surface area contributed by atoms with Crippen LogP contribution in [0.25, 0.3) is 0 Å². The van der Waals surface area contributed by atoms with Crippen molar-refractivity contribution in [3.63, 3.8) is 0 Å². The van der Waals surface area contributed by atoms with Crippen molar-refractivity contribution in [3.05, 3.63) is 64.2 Å². The van der Waals surface area contributed by atoms with Crippen LogP contribution in [0.15, 0.2) is 48.5 Å². The van der Waals surface area contributed by atoms with Gasteiger partial charge in [-0.2, -0.15) is 0 Å². The Kier molecular flexibility index (Phi) is 6.20. The van der Waals surface area contributed by atoms with Crippen LogP contribution in [0.2, 0.25) is 0 Å². The summed E-state index contributed by atoms with van der Waals surface area (Å²) in [7, 11) is 1.48. The van der Waals surface area contributed by atoms with Gasteiger partial charge in [0.05, 0.1) is 23.8 Å². The fourth-order valence-corrected chi connectivity index (χ4v) is 3.33. The maximum Gasteiger partial charge on any atom is 0.273 e. The molecule has 7 nitrogen and oxygen atoms in total. The minimum atomic E-state index is -0.448. The Labute approximate surface area is 163 Å². The summed E-state index contributed by atoms with van der Waals surface area (Å²) in [5, 5.41) is 14.7. The van der Waals surface area contributed by atoms with E-state index in [9.17, 15) is 10.1 Å². The van der Waals surface area contributed by atoms with E-state index in [1.165, 1.54) is 24.8 Å². The highest BCUT2D eigenvalue weighted by atomic mass is 32.1. The Hall–Kier alpha value is -2.71. The summed E-state index contributed by atoms with van der Waals surface area (Å²) < 4.78 is 5.25. The number of piperazine rings is 1. The van der Waals surface area contributed by atoms with E-state index < -0.39 is 4.92 Å². The van der Waals surface area contributed by atoms with Crippen LogP contribution < -0.4 is 10.1 Å². The highest BCUT2D eigenvalue weighted by Crippen LogP contribution is 2.29. The summed E-state index contributed by atoms with van der Waals surface area (Å²) in [6.45, 7) is 4.44. The SMILES string of the molecule is COc1cc([N+](=O)[O-])ccc1NC(=S)N1CCN(Cc2ccccc2)CC1. The maximum absolute atomic E-state index is 10.9. The van der Waals surface area contributed by atoms with Gasteiger partial charge in [-0.05, 0) is 23.8 Å². The molecule has 8 heteroatoms. The van der Waals surface area contributed by atoms with Crippen LogP contribution in [0.4, 0.5) is 11.4 Å². The lowest BCUT2D eigenvalue weighted by atomic mass is 10.2. The van der Waals surface area contributed by atoms with Crippen molar-refractivity contribution in [3.8, 4) is 5.75 Å². The number of nitro benzene ring substituents is 1. The van der Waals surface area contributed by atoms with Crippen LogP contribution in [-0.4, -0.2) is 53.1 Å². The minimum Gasteiger partial charge on any atom is -0.494 e. The van der Waals surface area contributed by atoms with Crippen LogP contribution >= 0.6 is 12.2 Å². The number of nitro groups is 1. The number of non-ortho nitro benzene ring substituents is 1. The zero-order valence-electron chi connectivity index (χ0n) is 15.1. The van der Waals surface area contributed by atoms with E-state index in [1.807, 2.05) is 6.07 Å². The Bertz CT molecular complexity index is 808. The fraction of sp³-hybridized carbons (Fsp3) is 0.316. The second-order valence-corrected chi connectivity index (χ2v) is 6.71. The van der Waals surface area contributed by atoms with Crippen molar-refractivity contribution in [2.75, 3.05) is 38.6 Å². The number of methoxy groups -OCH3 is 1. The van der Waals surface area contributed by atoms with Gasteiger partial charge >= 0.3 is 0 Å². The molecule has 27 heavy (non-hydrogen) atoms. The zero-order chi connectivity index (χ0) is 19.2. The van der Waals surface area contributed by atoms with Crippen LogP contribution in [0.3, 0.4) is 0 Å². The molecule has 0 bridgehead atoms. The lowest BCUT2D eigenvalue weighted by Crippen LogP contribution is -2.49. The van der Waals surface area contributed by atoms with Gasteiger partial charge in [0.15, 0.2) is 5.11 Å². The molecular weight excluding hydrogens is 364 g/mol. The van der Waals surface area contributed by atoms with E-state index in [0.29, 0.717) is 16.5 Å². The molecule has 1 aliphatic heterocycles. The number of hydrogen-bond donors (Lipinski definition) is 1. The third kappa shape index (κ3) is 4.93. The first-order valence-corrected chi connectivity index (χ1v) is 9.12. The molecule has 142 valence electrons. The van der Waals surface area contributed by atoms with Crippen molar-refractivity contribution >= 4 is 28.7 Å². The molecule has 0 aromatic heterocycles. The Balaban J connectivity index is 1.56. The van der Waals surface area contributed by atoms with Gasteiger partial charge in [0.2, 0.25) is 0 Å². The van der Waals surface area contributed by atoms with Gasteiger partial charge in [-0.1, -0.05) is 30.3 Å². The second kappa shape index (κ2) is 8.79. The number of benzene rings is 2. The minimum absolute atomic E-state index is 0.0159. The molecule has 0 unspecified atom stereocenters. The number of ether oxygens (including phenoxy) is 1. The standard InChI is InChI=1S/C19H22N4O3S/c1-26-18-13-16(23(24)25)7-8-17(18)20-19(27)22-11-9-21(10-12-22)14-15-5-3-2-4-6-15/h2-8,13H,9-12,14H2,1H3,(H,20,27). The van der Waals surface area contributed by atoms with Crippen molar-refractivity contribution in [1.82, 2.24) is 9.80 Å². The third-order valence-corrected chi connectivity index (χ3v) is 4.91. The Morgan fingerprint density at radius 2 is 1.89 bits per heavy atom. The first kappa shape index (κ1) is 19.1. The monoisotopic (exact) mass is 386 g/mol. The van der Waals surface area contributed by atoms with Gasteiger partial charge in [-0.15, -0.1) is 0 Å². The molecule has 1 N–H and O–H groups in total. The summed E-state index contributed by atoms with van der Waals surface area (Å²) in [4.78, 5) is 15.0. The average molecular weight is 386 g/mol. The van der Waals surface area contributed by atoms with Gasteiger partial charge in [-0.3, -0.25) is 15.0 Å². The smallest absolute Gasteiger partial charge is 0.273 e. The van der Waals surface area contributed by atoms with Crippen molar-refractivity contribution in [2.45, 2.75) is 6.54 Å². The molecule has 3 rings (SSSR count). The molecule has 0 amide bonds. The number of hydrogen-bond acceptors (Lipinski definition) is 5. The molecule has 0 saturated carbocycles. The predicted molar refractivity (Wildman–Crippen MR) is 109 cm³/mol. The molecule has 0 aliphatic carbocycles. The topological polar surface area (TPSA) is 70.9 Å². The van der Waals surface area contributed by atoms with E-state index in [-0.39, 0.29) is 5.69 Å². The second-order valence-electron chi connectivity index (χ2n) is 6.32. The molecule has 1 aliphatic rings. The molecule has 1 saturated heterocycles. The summed E-state index contributed by atoms with van der Waals surface area (Å²) in [6.07, 6.45) is 0. The highest BCUT2D eigenvalue weighted by Gasteiger charge is 2.20. The molecular formula is C19H22N4O3S. The van der Waals surface area contributed by atoms with Crippen molar-refractivity contribution in [1.29, 1.82) is 0 Å². The summed E-state index contributed by atoms with van der Waals surface area (Å²) in [5.74, 6) is 0.397. The molecule has 2 aromatic rings. The fourth-order valence-electron chi connectivity index (χ4n) is 3.04. The maximum atomic E-state index is 10.9. The van der Waals surface area contributed by atoms with E-state index in [2.05, 4.69) is 39.4 Å². The number of nitrogens with zero attached hydrogens (tertiary/aromatic N) is 3. The van der Waals surface area contributed by atoms with Gasteiger partial charge in [0.1, 0.15) is 5.75 Å². The number of nitrogens with one attached hydrogen (secondary N) is 1. The number of anilines is 1. The third-order valence-electron chi connectivity index (χ3n) is 4.55. The molecule has 1 fully saturated rings. The summed E-state index contributed by atoms with van der Waals surface area (Å²) >= 11 is 5.52. The zero-order valence-corrected chi connectivity index (χ0v) is 15.9. The normalized spacial score (nSPS) is 14.6. The van der Waals surface area contributed by atoms with E-state index in [1.54, 1.807) is 6.07 Å². The van der Waals surface area contributed by atoms with E-state index >= 15 is 0 Å². The summed E-state index contributed by atoms with van der Waals surface area (Å²) in [5.41, 5.74) is 1.92. The summed E-state index contributed by atoms with van der Waals surface area (Å²) in [6, 6.07) is 14.9. The van der Waals surface area contributed by atoms with Crippen molar-refractivity contribution in [2.24, 2.45) is 0 Å². The van der Waals surface area contributed by atoms with Gasteiger partial charge < -0.3 is 15.0 Å².